The van der Waals surface area contributed by atoms with Crippen LogP contribution in [0.15, 0.2) is 46.9 Å². The number of hydrogen-bond donors (Lipinski definition) is 1. The van der Waals surface area contributed by atoms with Gasteiger partial charge in [0, 0.05) is 17.1 Å². The van der Waals surface area contributed by atoms with Crippen LogP contribution in [0.1, 0.15) is 5.56 Å². The van der Waals surface area contributed by atoms with Crippen LogP contribution in [0.4, 0.5) is 5.69 Å². The Bertz CT molecular complexity index is 653. The molecule has 0 spiro atoms. The summed E-state index contributed by atoms with van der Waals surface area (Å²) in [5, 5.41) is 12.1. The third-order valence-corrected chi connectivity index (χ3v) is 3.31. The maximum atomic E-state index is 8.86. The lowest BCUT2D eigenvalue weighted by atomic mass is 10.2. The van der Waals surface area contributed by atoms with Crippen LogP contribution in [-0.4, -0.2) is 20.3 Å². The van der Waals surface area contributed by atoms with Crippen LogP contribution in [0.25, 0.3) is 0 Å². The van der Waals surface area contributed by atoms with Crippen molar-refractivity contribution >= 4 is 21.6 Å². The van der Waals surface area contributed by atoms with Gasteiger partial charge in [-0.05, 0) is 30.3 Å². The summed E-state index contributed by atoms with van der Waals surface area (Å²) in [6.45, 7) is 1.16. The van der Waals surface area contributed by atoms with Gasteiger partial charge in [0.05, 0.1) is 24.4 Å². The summed E-state index contributed by atoms with van der Waals surface area (Å²) in [6, 6.07) is 15.1. The molecule has 0 aliphatic carbocycles. The van der Waals surface area contributed by atoms with Gasteiger partial charge < -0.3 is 14.8 Å². The molecule has 0 bridgehead atoms. The topological polar surface area (TPSA) is 54.3 Å². The quantitative estimate of drug-likeness (QED) is 0.807. The number of nitrogens with zero attached hydrogens (tertiary/aromatic N) is 1. The fraction of sp³-hybridized carbons (Fsp3) is 0.188. The summed E-state index contributed by atoms with van der Waals surface area (Å²) >= 11 is 3.40. The van der Waals surface area contributed by atoms with E-state index < -0.39 is 0 Å². The van der Waals surface area contributed by atoms with Gasteiger partial charge in [-0.25, -0.2) is 0 Å². The molecule has 4 nitrogen and oxygen atoms in total. The molecule has 0 aromatic heterocycles. The van der Waals surface area contributed by atoms with E-state index in [0.717, 1.165) is 15.9 Å². The van der Waals surface area contributed by atoms with Gasteiger partial charge in [0.2, 0.25) is 0 Å². The number of methoxy groups -OCH3 is 1. The first-order valence-corrected chi connectivity index (χ1v) is 7.22. The first-order valence-electron chi connectivity index (χ1n) is 6.43. The van der Waals surface area contributed by atoms with E-state index in [1.807, 2.05) is 30.3 Å². The van der Waals surface area contributed by atoms with E-state index in [4.69, 9.17) is 14.7 Å². The van der Waals surface area contributed by atoms with Gasteiger partial charge in [0.25, 0.3) is 0 Å². The summed E-state index contributed by atoms with van der Waals surface area (Å²) in [5.41, 5.74) is 1.41. The maximum absolute atomic E-state index is 8.86. The second-order valence-electron chi connectivity index (χ2n) is 4.26. The molecule has 21 heavy (non-hydrogen) atoms. The lowest BCUT2D eigenvalue weighted by Crippen LogP contribution is -2.12. The van der Waals surface area contributed by atoms with Crippen molar-refractivity contribution in [2.45, 2.75) is 0 Å². The van der Waals surface area contributed by atoms with Gasteiger partial charge in [0.1, 0.15) is 18.1 Å². The van der Waals surface area contributed by atoms with Gasteiger partial charge in [-0.3, -0.25) is 0 Å². The van der Waals surface area contributed by atoms with Crippen LogP contribution in [0.2, 0.25) is 0 Å². The number of hydrogen-bond acceptors (Lipinski definition) is 4. The van der Waals surface area contributed by atoms with Crippen molar-refractivity contribution in [2.75, 3.05) is 25.6 Å². The highest BCUT2D eigenvalue weighted by molar-refractivity contribution is 9.10. The predicted molar refractivity (Wildman–Crippen MR) is 85.8 cm³/mol. The lowest BCUT2D eigenvalue weighted by molar-refractivity contribution is 0.332. The highest BCUT2D eigenvalue weighted by Gasteiger charge is 2.04. The summed E-state index contributed by atoms with van der Waals surface area (Å²) in [6.07, 6.45) is 0. The SMILES string of the molecule is COc1cc(C#N)ccc1NCCOc1cccc(Br)c1. The normalized spacial score (nSPS) is 9.76. The molecule has 108 valence electrons. The highest BCUT2D eigenvalue weighted by Crippen LogP contribution is 2.25. The Kier molecular flexibility index (Phi) is 5.47. The van der Waals surface area contributed by atoms with Crippen molar-refractivity contribution in [2.24, 2.45) is 0 Å². The molecule has 0 saturated carbocycles. The number of nitriles is 1. The molecule has 0 atom stereocenters. The Balaban J connectivity index is 1.87. The number of halogens is 1. The summed E-state index contributed by atoms with van der Waals surface area (Å²) in [4.78, 5) is 0. The van der Waals surface area contributed by atoms with E-state index in [0.29, 0.717) is 24.5 Å². The molecule has 0 radical (unpaired) electrons. The summed E-state index contributed by atoms with van der Waals surface area (Å²) < 4.78 is 11.9. The molecule has 2 aromatic carbocycles. The highest BCUT2D eigenvalue weighted by atomic mass is 79.9. The molecule has 0 unspecified atom stereocenters. The van der Waals surface area contributed by atoms with Gasteiger partial charge in [0.15, 0.2) is 0 Å². The second-order valence-corrected chi connectivity index (χ2v) is 5.18. The van der Waals surface area contributed by atoms with Crippen LogP contribution in [-0.2, 0) is 0 Å². The standard InChI is InChI=1S/C16H15BrN2O2/c1-20-16-9-12(11-18)5-6-15(16)19-7-8-21-14-4-2-3-13(17)10-14/h2-6,9-10,19H,7-8H2,1H3. The third-order valence-electron chi connectivity index (χ3n) is 2.81. The number of benzene rings is 2. The number of nitrogens with one attached hydrogen (secondary N) is 1. The molecule has 5 heteroatoms. The smallest absolute Gasteiger partial charge is 0.143 e. The van der Waals surface area contributed by atoms with E-state index >= 15 is 0 Å². The average molecular weight is 347 g/mol. The maximum Gasteiger partial charge on any atom is 0.143 e. The van der Waals surface area contributed by atoms with Crippen LogP contribution >= 0.6 is 15.9 Å². The van der Waals surface area contributed by atoms with Gasteiger partial charge in [-0.15, -0.1) is 0 Å². The average Bonchev–Trinajstić information content (AvgIpc) is 2.51. The van der Waals surface area contributed by atoms with Crippen molar-refractivity contribution in [3.8, 4) is 17.6 Å². The van der Waals surface area contributed by atoms with E-state index in [2.05, 4.69) is 27.3 Å². The molecule has 1 N–H and O–H groups in total. The van der Waals surface area contributed by atoms with Crippen molar-refractivity contribution in [3.05, 3.63) is 52.5 Å². The number of rotatable bonds is 6. The zero-order chi connectivity index (χ0) is 15.1. The Labute approximate surface area is 132 Å². The zero-order valence-corrected chi connectivity index (χ0v) is 13.2. The minimum Gasteiger partial charge on any atom is -0.495 e. The third kappa shape index (κ3) is 4.40. The predicted octanol–water partition coefficient (Wildman–Crippen LogP) is 3.82. The fourth-order valence-corrected chi connectivity index (χ4v) is 2.20. The van der Waals surface area contributed by atoms with E-state index in [1.165, 1.54) is 0 Å². The second kappa shape index (κ2) is 7.55. The molecule has 0 amide bonds. The Morgan fingerprint density at radius 1 is 1.24 bits per heavy atom. The van der Waals surface area contributed by atoms with E-state index in [9.17, 15) is 0 Å². The summed E-state index contributed by atoms with van der Waals surface area (Å²) in [5.74, 6) is 1.47. The fourth-order valence-electron chi connectivity index (χ4n) is 1.82. The van der Waals surface area contributed by atoms with Gasteiger partial charge >= 0.3 is 0 Å². The van der Waals surface area contributed by atoms with Crippen molar-refractivity contribution in [3.63, 3.8) is 0 Å². The van der Waals surface area contributed by atoms with Crippen LogP contribution in [0, 0.1) is 11.3 Å². The molecule has 0 fully saturated rings. The van der Waals surface area contributed by atoms with Crippen LogP contribution in [0.3, 0.4) is 0 Å². The zero-order valence-electron chi connectivity index (χ0n) is 11.6. The molecular weight excluding hydrogens is 332 g/mol. The van der Waals surface area contributed by atoms with Crippen LogP contribution < -0.4 is 14.8 Å². The largest absolute Gasteiger partial charge is 0.495 e. The minimum atomic E-state index is 0.527. The summed E-state index contributed by atoms with van der Waals surface area (Å²) in [7, 11) is 1.58. The molecular formula is C16H15BrN2O2. The van der Waals surface area contributed by atoms with Crippen molar-refractivity contribution in [1.82, 2.24) is 0 Å². The number of anilines is 1. The first-order chi connectivity index (χ1) is 10.2. The number of ether oxygens (including phenoxy) is 2. The molecule has 0 heterocycles. The van der Waals surface area contributed by atoms with E-state index in [-0.39, 0.29) is 0 Å². The monoisotopic (exact) mass is 346 g/mol. The van der Waals surface area contributed by atoms with E-state index in [1.54, 1.807) is 19.2 Å². The first kappa shape index (κ1) is 15.2. The Morgan fingerprint density at radius 2 is 2.10 bits per heavy atom. The Morgan fingerprint density at radius 3 is 2.81 bits per heavy atom. The molecule has 2 aromatic rings. The minimum absolute atomic E-state index is 0.527. The lowest BCUT2D eigenvalue weighted by Gasteiger charge is -2.12. The molecule has 0 aliphatic rings. The van der Waals surface area contributed by atoms with Crippen molar-refractivity contribution < 1.29 is 9.47 Å². The Hall–Kier alpha value is -2.19. The molecule has 0 aliphatic heterocycles. The molecule has 2 rings (SSSR count). The van der Waals surface area contributed by atoms with Gasteiger partial charge in [-0.2, -0.15) is 5.26 Å². The van der Waals surface area contributed by atoms with Gasteiger partial charge in [-0.1, -0.05) is 22.0 Å². The van der Waals surface area contributed by atoms with Crippen molar-refractivity contribution in [1.29, 1.82) is 5.26 Å². The van der Waals surface area contributed by atoms with Crippen LogP contribution in [0.5, 0.6) is 11.5 Å². The molecule has 0 saturated heterocycles.